The van der Waals surface area contributed by atoms with Crippen molar-refractivity contribution >= 4 is 39.0 Å². The second-order valence-electron chi connectivity index (χ2n) is 8.04. The summed E-state index contributed by atoms with van der Waals surface area (Å²) in [4.78, 5) is 6.82. The Morgan fingerprint density at radius 2 is 2.13 bits per heavy atom. The van der Waals surface area contributed by atoms with Gasteiger partial charge in [0.1, 0.15) is 11.6 Å². The maximum Gasteiger partial charge on any atom is 0.144 e. The minimum absolute atomic E-state index is 0.196. The van der Waals surface area contributed by atoms with E-state index >= 15 is 0 Å². The summed E-state index contributed by atoms with van der Waals surface area (Å²) in [7, 11) is 0. The van der Waals surface area contributed by atoms with E-state index in [4.69, 9.17) is 16.3 Å². The van der Waals surface area contributed by atoms with Crippen LogP contribution < -0.4 is 10.1 Å². The topological polar surface area (TPSA) is 57.6 Å². The maximum atomic E-state index is 9.38. The third-order valence-electron chi connectivity index (χ3n) is 5.36. The van der Waals surface area contributed by atoms with Gasteiger partial charge < -0.3 is 20.1 Å². The zero-order valence-electron chi connectivity index (χ0n) is 17.7. The van der Waals surface area contributed by atoms with Crippen molar-refractivity contribution in [2.75, 3.05) is 38.2 Å². The predicted octanol–water partition coefficient (Wildman–Crippen LogP) is 5.66. The molecule has 1 heterocycles. The molecule has 30 heavy (non-hydrogen) atoms. The second-order valence-corrected chi connectivity index (χ2v) is 9.33. The molecule has 1 aromatic carbocycles. The Kier molecular flexibility index (Phi) is 8.81. The van der Waals surface area contributed by atoms with Crippen LogP contribution >= 0.6 is 27.5 Å². The first kappa shape index (κ1) is 23.3. The number of nitrogens with one attached hydrogen (secondary N) is 1. The van der Waals surface area contributed by atoms with Crippen LogP contribution in [0.5, 0.6) is 5.75 Å². The highest BCUT2D eigenvalue weighted by molar-refractivity contribution is 9.10. The fourth-order valence-corrected chi connectivity index (χ4v) is 4.40. The summed E-state index contributed by atoms with van der Waals surface area (Å²) in [6.07, 6.45) is 5.44. The number of aliphatic hydroxyl groups excluding tert-OH is 1. The lowest BCUT2D eigenvalue weighted by molar-refractivity contribution is 0.138. The van der Waals surface area contributed by atoms with E-state index in [2.05, 4.69) is 38.1 Å². The monoisotopic (exact) mass is 495 g/mol. The quantitative estimate of drug-likeness (QED) is 0.397. The molecule has 1 atom stereocenters. The van der Waals surface area contributed by atoms with E-state index in [1.54, 1.807) is 0 Å². The largest absolute Gasteiger partial charge is 0.491 e. The van der Waals surface area contributed by atoms with E-state index in [1.807, 2.05) is 37.4 Å². The molecule has 0 bridgehead atoms. The van der Waals surface area contributed by atoms with Crippen molar-refractivity contribution in [3.8, 4) is 5.75 Å². The van der Waals surface area contributed by atoms with Crippen LogP contribution in [0.15, 0.2) is 34.9 Å². The Balaban J connectivity index is 1.70. The van der Waals surface area contributed by atoms with Gasteiger partial charge in [-0.2, -0.15) is 0 Å². The van der Waals surface area contributed by atoms with Crippen LogP contribution in [-0.2, 0) is 0 Å². The SMILES string of the molecule is CCCN(CCO)CC(COc1ccc(Cl)cc1Nc1ncc(C)cc1Br)C1CC1. The number of hydrogen-bond donors (Lipinski definition) is 2. The Morgan fingerprint density at radius 1 is 1.33 bits per heavy atom. The zero-order chi connectivity index (χ0) is 21.5. The molecule has 0 saturated heterocycles. The Labute approximate surface area is 192 Å². The van der Waals surface area contributed by atoms with Gasteiger partial charge in [0.05, 0.1) is 23.4 Å². The highest BCUT2D eigenvalue weighted by Crippen LogP contribution is 2.39. The van der Waals surface area contributed by atoms with Crippen LogP contribution in [0.25, 0.3) is 0 Å². The lowest BCUT2D eigenvalue weighted by Gasteiger charge is -2.27. The number of hydrogen-bond acceptors (Lipinski definition) is 5. The predicted molar refractivity (Wildman–Crippen MR) is 127 cm³/mol. The van der Waals surface area contributed by atoms with Crippen LogP contribution in [0.1, 0.15) is 31.7 Å². The van der Waals surface area contributed by atoms with Crippen LogP contribution in [0, 0.1) is 18.8 Å². The van der Waals surface area contributed by atoms with Gasteiger partial charge in [-0.25, -0.2) is 4.98 Å². The van der Waals surface area contributed by atoms with E-state index in [0.717, 1.165) is 53.3 Å². The van der Waals surface area contributed by atoms with Gasteiger partial charge >= 0.3 is 0 Å². The normalized spacial score (nSPS) is 14.7. The summed E-state index contributed by atoms with van der Waals surface area (Å²) in [5.74, 6) is 2.66. The minimum atomic E-state index is 0.196. The number of rotatable bonds is 12. The van der Waals surface area contributed by atoms with Crippen LogP contribution in [0.2, 0.25) is 5.02 Å². The number of anilines is 2. The summed E-state index contributed by atoms with van der Waals surface area (Å²) in [5, 5.41) is 13.4. The average Bonchev–Trinajstić information content (AvgIpc) is 3.54. The van der Waals surface area contributed by atoms with Crippen molar-refractivity contribution in [2.24, 2.45) is 11.8 Å². The number of nitrogens with zero attached hydrogens (tertiary/aromatic N) is 2. The molecule has 2 aromatic rings. The van der Waals surface area contributed by atoms with Crippen molar-refractivity contribution in [2.45, 2.75) is 33.1 Å². The summed E-state index contributed by atoms with van der Waals surface area (Å²) in [6.45, 7) is 7.71. The second kappa shape index (κ2) is 11.3. The molecular weight excluding hydrogens is 466 g/mol. The lowest BCUT2D eigenvalue weighted by atomic mass is 10.0. The maximum absolute atomic E-state index is 9.38. The molecule has 1 aromatic heterocycles. The molecule has 1 saturated carbocycles. The van der Waals surface area contributed by atoms with Crippen molar-refractivity contribution in [1.82, 2.24) is 9.88 Å². The molecule has 1 unspecified atom stereocenters. The van der Waals surface area contributed by atoms with Gasteiger partial charge in [0, 0.05) is 30.2 Å². The van der Waals surface area contributed by atoms with E-state index < -0.39 is 0 Å². The summed E-state index contributed by atoms with van der Waals surface area (Å²) >= 11 is 9.82. The van der Waals surface area contributed by atoms with Gasteiger partial charge in [0.25, 0.3) is 0 Å². The smallest absolute Gasteiger partial charge is 0.144 e. The first-order valence-electron chi connectivity index (χ1n) is 10.6. The summed E-state index contributed by atoms with van der Waals surface area (Å²) < 4.78 is 7.19. The molecule has 1 aliphatic carbocycles. The van der Waals surface area contributed by atoms with Gasteiger partial charge in [-0.05, 0) is 84.4 Å². The van der Waals surface area contributed by atoms with Crippen molar-refractivity contribution in [3.63, 3.8) is 0 Å². The number of halogens is 2. The highest BCUT2D eigenvalue weighted by atomic mass is 79.9. The van der Waals surface area contributed by atoms with Gasteiger partial charge in [-0.15, -0.1) is 0 Å². The molecule has 164 valence electrons. The highest BCUT2D eigenvalue weighted by Gasteiger charge is 2.33. The number of aromatic nitrogens is 1. The number of pyridine rings is 1. The van der Waals surface area contributed by atoms with Crippen molar-refractivity contribution in [1.29, 1.82) is 0 Å². The van der Waals surface area contributed by atoms with Gasteiger partial charge in [0.15, 0.2) is 0 Å². The first-order chi connectivity index (χ1) is 14.5. The van der Waals surface area contributed by atoms with Crippen molar-refractivity contribution < 1.29 is 9.84 Å². The zero-order valence-corrected chi connectivity index (χ0v) is 20.0. The fraction of sp³-hybridized carbons (Fsp3) is 0.522. The Hall–Kier alpha value is -1.34. The van der Waals surface area contributed by atoms with E-state index in [9.17, 15) is 5.11 Å². The average molecular weight is 497 g/mol. The molecule has 0 aliphatic heterocycles. The molecule has 7 heteroatoms. The molecule has 2 N–H and O–H groups in total. The van der Waals surface area contributed by atoms with Gasteiger partial charge in [-0.1, -0.05) is 18.5 Å². The third kappa shape index (κ3) is 6.84. The van der Waals surface area contributed by atoms with Crippen LogP contribution in [0.3, 0.4) is 0 Å². The summed E-state index contributed by atoms with van der Waals surface area (Å²) in [6, 6.07) is 7.65. The molecule has 5 nitrogen and oxygen atoms in total. The standard InChI is InChI=1S/C23H31BrClN3O2/c1-3-8-28(9-10-29)14-18(17-4-5-17)15-30-22-7-6-19(25)12-21(22)27-23-20(24)11-16(2)13-26-23/h6-7,11-13,17-18,29H,3-5,8-10,14-15H2,1-2H3,(H,26,27). The van der Waals surface area contributed by atoms with Crippen LogP contribution in [-0.4, -0.2) is 47.8 Å². The first-order valence-corrected chi connectivity index (χ1v) is 11.8. The minimum Gasteiger partial charge on any atom is -0.491 e. The Bertz CT molecular complexity index is 826. The molecule has 3 rings (SSSR count). The van der Waals surface area contributed by atoms with Crippen LogP contribution in [0.4, 0.5) is 11.5 Å². The molecule has 1 aliphatic rings. The summed E-state index contributed by atoms with van der Waals surface area (Å²) in [5.41, 5.74) is 1.89. The molecule has 1 fully saturated rings. The van der Waals surface area contributed by atoms with E-state index in [0.29, 0.717) is 23.5 Å². The third-order valence-corrected chi connectivity index (χ3v) is 6.20. The number of ether oxygens (including phenoxy) is 1. The number of aryl methyl sites for hydroxylation is 1. The fourth-order valence-electron chi connectivity index (χ4n) is 3.66. The van der Waals surface area contributed by atoms with E-state index in [-0.39, 0.29) is 6.61 Å². The Morgan fingerprint density at radius 3 is 2.80 bits per heavy atom. The van der Waals surface area contributed by atoms with Gasteiger partial charge in [0.2, 0.25) is 0 Å². The van der Waals surface area contributed by atoms with Crippen molar-refractivity contribution in [3.05, 3.63) is 45.5 Å². The molecular formula is C23H31BrClN3O2. The molecule has 0 radical (unpaired) electrons. The number of aliphatic hydroxyl groups is 1. The van der Waals surface area contributed by atoms with Gasteiger partial charge in [-0.3, -0.25) is 0 Å². The number of benzene rings is 1. The lowest BCUT2D eigenvalue weighted by Crippen LogP contribution is -2.35. The van der Waals surface area contributed by atoms with E-state index in [1.165, 1.54) is 12.8 Å². The molecule has 0 spiro atoms. The molecule has 0 amide bonds.